The molecule has 0 spiro atoms. The van der Waals surface area contributed by atoms with Crippen molar-refractivity contribution in [1.29, 1.82) is 0 Å². The highest BCUT2D eigenvalue weighted by molar-refractivity contribution is 9.10. The molecule has 0 saturated carbocycles. The van der Waals surface area contributed by atoms with Gasteiger partial charge in [-0.25, -0.2) is 4.39 Å². The number of rotatable bonds is 8. The summed E-state index contributed by atoms with van der Waals surface area (Å²) in [6.45, 7) is 4.30. The first kappa shape index (κ1) is 23.9. The lowest BCUT2D eigenvalue weighted by Crippen LogP contribution is -2.24. The summed E-state index contributed by atoms with van der Waals surface area (Å²) in [4.78, 5) is 24.7. The number of benzene rings is 2. The second-order valence-corrected chi connectivity index (χ2v) is 9.23. The summed E-state index contributed by atoms with van der Waals surface area (Å²) < 4.78 is 15.7. The van der Waals surface area contributed by atoms with Gasteiger partial charge in [-0.2, -0.15) is 0 Å². The number of hydrogen-bond donors (Lipinski definition) is 2. The largest absolute Gasteiger partial charge is 0.345 e. The van der Waals surface area contributed by atoms with E-state index in [1.54, 1.807) is 11.6 Å². The molecule has 0 bridgehead atoms. The number of carbonyl (C=O) groups is 2. The Balaban J connectivity index is 1.55. The van der Waals surface area contributed by atoms with Gasteiger partial charge in [0.15, 0.2) is 11.0 Å². The fraction of sp³-hybridized carbons (Fsp3) is 0.273. The van der Waals surface area contributed by atoms with Crippen molar-refractivity contribution in [1.82, 2.24) is 20.1 Å². The lowest BCUT2D eigenvalue weighted by atomic mass is 10.0. The maximum Gasteiger partial charge on any atom is 0.251 e. The van der Waals surface area contributed by atoms with Crippen LogP contribution in [0.5, 0.6) is 0 Å². The summed E-state index contributed by atoms with van der Waals surface area (Å²) in [5.41, 5.74) is 2.19. The lowest BCUT2D eigenvalue weighted by Gasteiger charge is -2.14. The van der Waals surface area contributed by atoms with Crippen molar-refractivity contribution in [2.45, 2.75) is 31.5 Å². The SMILES string of the molecule is CC(C)c1cc(Br)ccc1NC(=O)CSc1nnc(CNC(=O)c2ccc(F)cc2)n1C. The highest BCUT2D eigenvalue weighted by Gasteiger charge is 2.15. The minimum absolute atomic E-state index is 0.145. The van der Waals surface area contributed by atoms with E-state index in [-0.39, 0.29) is 30.0 Å². The van der Waals surface area contributed by atoms with Gasteiger partial charge in [-0.1, -0.05) is 41.5 Å². The molecule has 0 fully saturated rings. The van der Waals surface area contributed by atoms with Crippen LogP contribution in [0, 0.1) is 5.82 Å². The predicted molar refractivity (Wildman–Crippen MR) is 126 cm³/mol. The number of anilines is 1. The van der Waals surface area contributed by atoms with Crippen LogP contribution in [-0.2, 0) is 18.4 Å². The molecule has 0 aliphatic heterocycles. The van der Waals surface area contributed by atoms with E-state index < -0.39 is 5.82 Å². The van der Waals surface area contributed by atoms with Crippen LogP contribution in [0.1, 0.15) is 41.5 Å². The maximum atomic E-state index is 13.0. The van der Waals surface area contributed by atoms with Crippen molar-refractivity contribution in [3.63, 3.8) is 0 Å². The molecule has 2 amide bonds. The van der Waals surface area contributed by atoms with Crippen LogP contribution in [0.4, 0.5) is 10.1 Å². The van der Waals surface area contributed by atoms with Crippen LogP contribution in [0.2, 0.25) is 0 Å². The first-order chi connectivity index (χ1) is 15.2. The smallest absolute Gasteiger partial charge is 0.251 e. The van der Waals surface area contributed by atoms with Gasteiger partial charge in [-0.15, -0.1) is 10.2 Å². The monoisotopic (exact) mass is 519 g/mol. The van der Waals surface area contributed by atoms with Crippen molar-refractivity contribution in [3.8, 4) is 0 Å². The van der Waals surface area contributed by atoms with Crippen LogP contribution in [0.3, 0.4) is 0 Å². The second-order valence-electron chi connectivity index (χ2n) is 7.37. The molecule has 2 N–H and O–H groups in total. The summed E-state index contributed by atoms with van der Waals surface area (Å²) in [7, 11) is 1.77. The van der Waals surface area contributed by atoms with Crippen molar-refractivity contribution in [2.75, 3.05) is 11.1 Å². The third-order valence-electron chi connectivity index (χ3n) is 4.68. The Hall–Kier alpha value is -2.72. The molecule has 0 aliphatic rings. The molecular weight excluding hydrogens is 497 g/mol. The molecule has 0 atom stereocenters. The minimum atomic E-state index is -0.402. The van der Waals surface area contributed by atoms with E-state index in [0.717, 1.165) is 15.7 Å². The standard InChI is InChI=1S/C22H23BrFN5O2S/c1-13(2)17-10-15(23)6-9-18(17)26-20(30)12-32-22-28-27-19(29(22)3)11-25-21(31)14-4-7-16(24)8-5-14/h4-10,13H,11-12H2,1-3H3,(H,25,31)(H,26,30). The fourth-order valence-electron chi connectivity index (χ4n) is 2.93. The number of amides is 2. The Bertz CT molecular complexity index is 1120. The van der Waals surface area contributed by atoms with Gasteiger partial charge < -0.3 is 15.2 Å². The summed E-state index contributed by atoms with van der Waals surface area (Å²) >= 11 is 4.72. The average molecular weight is 520 g/mol. The Morgan fingerprint density at radius 1 is 1.16 bits per heavy atom. The van der Waals surface area contributed by atoms with Gasteiger partial charge in [0, 0.05) is 22.8 Å². The van der Waals surface area contributed by atoms with Crippen LogP contribution in [0.15, 0.2) is 52.1 Å². The molecule has 0 aliphatic carbocycles. The number of nitrogens with one attached hydrogen (secondary N) is 2. The molecule has 1 heterocycles. The summed E-state index contributed by atoms with van der Waals surface area (Å²) in [6, 6.07) is 11.1. The third-order valence-corrected chi connectivity index (χ3v) is 6.19. The second kappa shape index (κ2) is 10.7. The van der Waals surface area contributed by atoms with E-state index in [1.807, 2.05) is 18.2 Å². The molecule has 7 nitrogen and oxygen atoms in total. The first-order valence-electron chi connectivity index (χ1n) is 9.88. The molecule has 0 unspecified atom stereocenters. The highest BCUT2D eigenvalue weighted by Crippen LogP contribution is 2.28. The van der Waals surface area contributed by atoms with Crippen molar-refractivity contribution < 1.29 is 14.0 Å². The van der Waals surface area contributed by atoms with E-state index in [2.05, 4.69) is 50.6 Å². The Labute approximate surface area is 198 Å². The van der Waals surface area contributed by atoms with Gasteiger partial charge in [0.25, 0.3) is 5.91 Å². The van der Waals surface area contributed by atoms with E-state index in [1.165, 1.54) is 36.0 Å². The molecule has 168 valence electrons. The summed E-state index contributed by atoms with van der Waals surface area (Å²) in [6.07, 6.45) is 0. The third kappa shape index (κ3) is 6.17. The lowest BCUT2D eigenvalue weighted by molar-refractivity contribution is -0.113. The number of aromatic nitrogens is 3. The molecule has 32 heavy (non-hydrogen) atoms. The predicted octanol–water partition coefficient (Wildman–Crippen LogP) is 4.50. The van der Waals surface area contributed by atoms with Crippen LogP contribution in [-0.4, -0.2) is 32.3 Å². The molecule has 3 aromatic rings. The molecular formula is C22H23BrFN5O2S. The van der Waals surface area contributed by atoms with Gasteiger partial charge in [-0.05, 0) is 53.9 Å². The Kier molecular flexibility index (Phi) is 8.03. The van der Waals surface area contributed by atoms with Crippen molar-refractivity contribution in [3.05, 3.63) is 69.7 Å². The van der Waals surface area contributed by atoms with E-state index in [4.69, 9.17) is 0 Å². The fourth-order valence-corrected chi connectivity index (χ4v) is 4.04. The van der Waals surface area contributed by atoms with Gasteiger partial charge in [0.1, 0.15) is 5.82 Å². The number of carbonyl (C=O) groups excluding carboxylic acids is 2. The van der Waals surface area contributed by atoms with Crippen molar-refractivity contribution in [2.24, 2.45) is 7.05 Å². The van der Waals surface area contributed by atoms with E-state index >= 15 is 0 Å². The first-order valence-corrected chi connectivity index (χ1v) is 11.7. The zero-order valence-electron chi connectivity index (χ0n) is 17.9. The van der Waals surface area contributed by atoms with Crippen LogP contribution < -0.4 is 10.6 Å². The van der Waals surface area contributed by atoms with Crippen LogP contribution >= 0.6 is 27.7 Å². The number of nitrogens with zero attached hydrogens (tertiary/aromatic N) is 3. The molecule has 0 radical (unpaired) electrons. The molecule has 3 rings (SSSR count). The molecule has 10 heteroatoms. The molecule has 0 saturated heterocycles. The summed E-state index contributed by atoms with van der Waals surface area (Å²) in [5, 5.41) is 14.4. The normalized spacial score (nSPS) is 10.9. The quantitative estimate of drug-likeness (QED) is 0.427. The average Bonchev–Trinajstić information content (AvgIpc) is 3.11. The van der Waals surface area contributed by atoms with Gasteiger partial charge in [0.05, 0.1) is 12.3 Å². The van der Waals surface area contributed by atoms with Gasteiger partial charge in [-0.3, -0.25) is 9.59 Å². The maximum absolute atomic E-state index is 13.0. The van der Waals surface area contributed by atoms with Crippen molar-refractivity contribution >= 4 is 45.2 Å². The molecule has 2 aromatic carbocycles. The number of halogens is 2. The number of thioether (sulfide) groups is 1. The topological polar surface area (TPSA) is 88.9 Å². The summed E-state index contributed by atoms with van der Waals surface area (Å²) in [5.74, 6) is 0.0911. The zero-order valence-corrected chi connectivity index (χ0v) is 20.3. The van der Waals surface area contributed by atoms with Crippen LogP contribution in [0.25, 0.3) is 0 Å². The Morgan fingerprint density at radius 3 is 2.56 bits per heavy atom. The van der Waals surface area contributed by atoms with E-state index in [9.17, 15) is 14.0 Å². The minimum Gasteiger partial charge on any atom is -0.345 e. The van der Waals surface area contributed by atoms with E-state index in [0.29, 0.717) is 16.5 Å². The molecule has 1 aromatic heterocycles. The number of hydrogen-bond acceptors (Lipinski definition) is 5. The van der Waals surface area contributed by atoms with Gasteiger partial charge in [0.2, 0.25) is 5.91 Å². The zero-order chi connectivity index (χ0) is 23.3. The Morgan fingerprint density at radius 2 is 1.88 bits per heavy atom. The highest BCUT2D eigenvalue weighted by atomic mass is 79.9. The van der Waals surface area contributed by atoms with Gasteiger partial charge >= 0.3 is 0 Å².